The molecule has 1 aromatic carbocycles. The average Bonchev–Trinajstić information content (AvgIpc) is 2.46. The van der Waals surface area contributed by atoms with Crippen molar-refractivity contribution < 1.29 is 0 Å². The fraction of sp³-hybridized carbons (Fsp3) is 0.611. The molecule has 1 aliphatic heterocycles. The van der Waals surface area contributed by atoms with E-state index >= 15 is 0 Å². The van der Waals surface area contributed by atoms with Gasteiger partial charge in [-0.2, -0.15) is 0 Å². The Morgan fingerprint density at radius 2 is 1.96 bits per heavy atom. The Morgan fingerprint density at radius 1 is 1.30 bits per heavy atom. The fourth-order valence-electron chi connectivity index (χ4n) is 2.96. The highest BCUT2D eigenvalue weighted by Crippen LogP contribution is 2.18. The SMILES string of the molecule is CC1CCCN(Cc2ccc(CN=C(N)NC(C)C)cc2)C1.I. The quantitative estimate of drug-likeness (QED) is 0.428. The van der Waals surface area contributed by atoms with Crippen LogP contribution in [-0.2, 0) is 13.1 Å². The number of halogens is 1. The standard InChI is InChI=1S/C18H30N4.HI/c1-14(2)21-18(19)20-11-16-6-8-17(9-7-16)13-22-10-4-5-15(3)12-22;/h6-9,14-15H,4-5,10-13H2,1-3H3,(H3,19,20,21);1H. The third-order valence-corrected chi connectivity index (χ3v) is 4.04. The number of piperidine rings is 1. The summed E-state index contributed by atoms with van der Waals surface area (Å²) in [6, 6.07) is 9.08. The van der Waals surface area contributed by atoms with Crippen LogP contribution in [0.5, 0.6) is 0 Å². The fourth-order valence-corrected chi connectivity index (χ4v) is 2.96. The van der Waals surface area contributed by atoms with Gasteiger partial charge in [0.15, 0.2) is 5.96 Å². The van der Waals surface area contributed by atoms with E-state index in [0.717, 1.165) is 12.5 Å². The van der Waals surface area contributed by atoms with Gasteiger partial charge in [-0.25, -0.2) is 4.99 Å². The lowest BCUT2D eigenvalue weighted by molar-refractivity contribution is 0.176. The van der Waals surface area contributed by atoms with Crippen LogP contribution in [0.2, 0.25) is 0 Å². The number of hydrogen-bond donors (Lipinski definition) is 2. The summed E-state index contributed by atoms with van der Waals surface area (Å²) < 4.78 is 0. The van der Waals surface area contributed by atoms with Gasteiger partial charge in [0.05, 0.1) is 6.54 Å². The molecule has 1 unspecified atom stereocenters. The molecule has 0 spiro atoms. The molecule has 0 bridgehead atoms. The van der Waals surface area contributed by atoms with Crippen LogP contribution >= 0.6 is 24.0 Å². The van der Waals surface area contributed by atoms with Gasteiger partial charge in [0.1, 0.15) is 0 Å². The minimum absolute atomic E-state index is 0. The van der Waals surface area contributed by atoms with Crippen molar-refractivity contribution in [2.24, 2.45) is 16.6 Å². The summed E-state index contributed by atoms with van der Waals surface area (Å²) in [5, 5.41) is 3.10. The molecule has 3 N–H and O–H groups in total. The third-order valence-electron chi connectivity index (χ3n) is 4.04. The van der Waals surface area contributed by atoms with E-state index in [0.29, 0.717) is 18.5 Å². The molecule has 0 amide bonds. The number of aliphatic imine (C=N–C) groups is 1. The van der Waals surface area contributed by atoms with Crippen molar-refractivity contribution in [2.45, 2.75) is 52.7 Å². The van der Waals surface area contributed by atoms with Crippen molar-refractivity contribution >= 4 is 29.9 Å². The molecule has 0 radical (unpaired) electrons. The summed E-state index contributed by atoms with van der Waals surface area (Å²) in [4.78, 5) is 6.92. The first-order valence-corrected chi connectivity index (χ1v) is 8.39. The first-order valence-electron chi connectivity index (χ1n) is 8.39. The normalized spacial score (nSPS) is 19.5. The highest BCUT2D eigenvalue weighted by atomic mass is 127. The maximum atomic E-state index is 5.82. The predicted octanol–water partition coefficient (Wildman–Crippen LogP) is 3.35. The van der Waals surface area contributed by atoms with Crippen LogP contribution in [0, 0.1) is 5.92 Å². The maximum Gasteiger partial charge on any atom is 0.189 e. The van der Waals surface area contributed by atoms with Gasteiger partial charge in [-0.05, 0) is 50.3 Å². The number of rotatable bonds is 5. The van der Waals surface area contributed by atoms with Gasteiger partial charge in [0, 0.05) is 19.1 Å². The maximum absolute atomic E-state index is 5.82. The van der Waals surface area contributed by atoms with E-state index in [-0.39, 0.29) is 24.0 Å². The van der Waals surface area contributed by atoms with Crippen LogP contribution in [-0.4, -0.2) is 30.0 Å². The van der Waals surface area contributed by atoms with Crippen LogP contribution in [0.1, 0.15) is 44.7 Å². The molecule has 2 rings (SSSR count). The smallest absolute Gasteiger partial charge is 0.189 e. The van der Waals surface area contributed by atoms with Crippen LogP contribution in [0.3, 0.4) is 0 Å². The van der Waals surface area contributed by atoms with Crippen molar-refractivity contribution in [1.29, 1.82) is 0 Å². The van der Waals surface area contributed by atoms with Crippen molar-refractivity contribution in [3.8, 4) is 0 Å². The Labute approximate surface area is 157 Å². The molecule has 1 saturated heterocycles. The van der Waals surface area contributed by atoms with E-state index in [4.69, 9.17) is 5.73 Å². The zero-order valence-corrected chi connectivity index (χ0v) is 16.9. The second kappa shape index (κ2) is 10.1. The number of guanidine groups is 1. The first kappa shape index (κ1) is 20.2. The molecule has 1 aromatic rings. The highest BCUT2D eigenvalue weighted by Gasteiger charge is 2.15. The Bertz CT molecular complexity index is 484. The summed E-state index contributed by atoms with van der Waals surface area (Å²) in [5.74, 6) is 1.35. The van der Waals surface area contributed by atoms with Gasteiger partial charge in [-0.1, -0.05) is 31.2 Å². The Morgan fingerprint density at radius 3 is 2.57 bits per heavy atom. The van der Waals surface area contributed by atoms with E-state index in [1.165, 1.54) is 37.1 Å². The Hall–Kier alpha value is -0.820. The van der Waals surface area contributed by atoms with Gasteiger partial charge in [0.25, 0.3) is 0 Å². The second-order valence-corrected chi connectivity index (χ2v) is 6.80. The Kier molecular flexibility index (Phi) is 8.91. The molecule has 1 atom stereocenters. The Balaban J connectivity index is 0.00000264. The van der Waals surface area contributed by atoms with Crippen LogP contribution in [0.4, 0.5) is 0 Å². The predicted molar refractivity (Wildman–Crippen MR) is 109 cm³/mol. The number of nitrogens with zero attached hydrogens (tertiary/aromatic N) is 2. The minimum Gasteiger partial charge on any atom is -0.370 e. The molecule has 5 heteroatoms. The molecule has 4 nitrogen and oxygen atoms in total. The van der Waals surface area contributed by atoms with Gasteiger partial charge in [-0.3, -0.25) is 4.90 Å². The molecule has 1 aliphatic rings. The second-order valence-electron chi connectivity index (χ2n) is 6.80. The molecule has 0 aliphatic carbocycles. The van der Waals surface area contributed by atoms with E-state index in [9.17, 15) is 0 Å². The lowest BCUT2D eigenvalue weighted by Gasteiger charge is -2.30. The molecule has 130 valence electrons. The molecular weight excluding hydrogens is 399 g/mol. The minimum atomic E-state index is 0. The van der Waals surface area contributed by atoms with E-state index in [1.807, 2.05) is 0 Å². The van der Waals surface area contributed by atoms with Gasteiger partial charge < -0.3 is 11.1 Å². The van der Waals surface area contributed by atoms with E-state index in [1.54, 1.807) is 0 Å². The highest BCUT2D eigenvalue weighted by molar-refractivity contribution is 14.0. The summed E-state index contributed by atoms with van der Waals surface area (Å²) in [5.41, 5.74) is 8.40. The largest absolute Gasteiger partial charge is 0.370 e. The summed E-state index contributed by atoms with van der Waals surface area (Å²) in [6.45, 7) is 10.6. The summed E-state index contributed by atoms with van der Waals surface area (Å²) in [6.07, 6.45) is 2.70. The van der Waals surface area contributed by atoms with Crippen molar-refractivity contribution in [1.82, 2.24) is 10.2 Å². The molecule has 1 fully saturated rings. The number of hydrogen-bond acceptors (Lipinski definition) is 2. The zero-order chi connectivity index (χ0) is 15.9. The van der Waals surface area contributed by atoms with Crippen LogP contribution < -0.4 is 11.1 Å². The topological polar surface area (TPSA) is 53.6 Å². The third kappa shape index (κ3) is 7.52. The first-order chi connectivity index (χ1) is 10.5. The van der Waals surface area contributed by atoms with Gasteiger partial charge in [-0.15, -0.1) is 24.0 Å². The lowest BCUT2D eigenvalue weighted by Crippen LogP contribution is -2.36. The van der Waals surface area contributed by atoms with Crippen molar-refractivity contribution in [2.75, 3.05) is 13.1 Å². The average molecular weight is 430 g/mol. The molecule has 0 saturated carbocycles. The van der Waals surface area contributed by atoms with E-state index < -0.39 is 0 Å². The summed E-state index contributed by atoms with van der Waals surface area (Å²) in [7, 11) is 0. The molecule has 1 heterocycles. The molecule has 0 aromatic heterocycles. The lowest BCUT2D eigenvalue weighted by atomic mass is 9.99. The van der Waals surface area contributed by atoms with E-state index in [2.05, 4.69) is 60.2 Å². The number of benzene rings is 1. The summed E-state index contributed by atoms with van der Waals surface area (Å²) >= 11 is 0. The van der Waals surface area contributed by atoms with Gasteiger partial charge >= 0.3 is 0 Å². The number of nitrogens with two attached hydrogens (primary N) is 1. The van der Waals surface area contributed by atoms with Crippen LogP contribution in [0.25, 0.3) is 0 Å². The molecular formula is C18H31IN4. The number of nitrogens with one attached hydrogen (secondary N) is 1. The van der Waals surface area contributed by atoms with Crippen molar-refractivity contribution in [3.05, 3.63) is 35.4 Å². The van der Waals surface area contributed by atoms with Crippen LogP contribution in [0.15, 0.2) is 29.3 Å². The zero-order valence-electron chi connectivity index (χ0n) is 14.6. The van der Waals surface area contributed by atoms with Crippen molar-refractivity contribution in [3.63, 3.8) is 0 Å². The number of likely N-dealkylation sites (tertiary alicyclic amines) is 1. The molecule has 23 heavy (non-hydrogen) atoms. The van der Waals surface area contributed by atoms with Gasteiger partial charge in [0.2, 0.25) is 0 Å². The monoisotopic (exact) mass is 430 g/mol.